The third-order valence-electron chi connectivity index (χ3n) is 11.7. The second-order valence-corrected chi connectivity index (χ2v) is 18.1. The van der Waals surface area contributed by atoms with Gasteiger partial charge in [0.25, 0.3) is 5.91 Å². The minimum absolute atomic E-state index is 0.0345. The molecule has 3 fully saturated rings. The fourth-order valence-corrected chi connectivity index (χ4v) is 9.64. The number of hydrogen-bond donors (Lipinski definition) is 3. The fraction of sp³-hybridized carbons (Fsp3) is 0.405. The summed E-state index contributed by atoms with van der Waals surface area (Å²) in [7, 11) is 1.33. The van der Waals surface area contributed by atoms with Crippen LogP contribution in [0.15, 0.2) is 60.8 Å². The van der Waals surface area contributed by atoms with Crippen LogP contribution >= 0.6 is 19.5 Å². The number of nitrogens with zero attached hydrogens (tertiary/aromatic N) is 6. The van der Waals surface area contributed by atoms with Gasteiger partial charge in [-0.2, -0.15) is 4.98 Å². The van der Waals surface area contributed by atoms with E-state index in [0.717, 1.165) is 69.2 Å². The summed E-state index contributed by atoms with van der Waals surface area (Å²) in [6, 6.07) is 17.4. The molecule has 58 heavy (non-hydrogen) atoms. The Kier molecular flexibility index (Phi) is 11.8. The van der Waals surface area contributed by atoms with Crippen LogP contribution in [-0.2, 0) is 22.7 Å². The first-order valence-corrected chi connectivity index (χ1v) is 22.3. The fourth-order valence-electron chi connectivity index (χ4n) is 8.50. The number of benzene rings is 3. The molecule has 3 saturated heterocycles. The van der Waals surface area contributed by atoms with Crippen LogP contribution in [0, 0.1) is 5.82 Å². The van der Waals surface area contributed by atoms with Crippen LogP contribution in [0.2, 0.25) is 5.02 Å². The lowest BCUT2D eigenvalue weighted by molar-refractivity contribution is -0.136. The summed E-state index contributed by atoms with van der Waals surface area (Å²) in [5, 5.41) is 10.7. The van der Waals surface area contributed by atoms with Crippen LogP contribution in [0.3, 0.4) is 0 Å². The van der Waals surface area contributed by atoms with Gasteiger partial charge in [-0.05, 0) is 62.2 Å². The molecule has 3 N–H and O–H groups in total. The van der Waals surface area contributed by atoms with Crippen molar-refractivity contribution in [1.82, 2.24) is 30.0 Å². The van der Waals surface area contributed by atoms with Crippen molar-refractivity contribution in [3.8, 4) is 5.75 Å². The van der Waals surface area contributed by atoms with Crippen LogP contribution in [0.25, 0.3) is 0 Å². The maximum Gasteiger partial charge on any atom is 0.255 e. The third kappa shape index (κ3) is 8.34. The number of aromatic nitrogens is 2. The number of amides is 3. The monoisotopic (exact) mass is 827 g/mol. The van der Waals surface area contributed by atoms with Crippen LogP contribution in [0.1, 0.15) is 47.2 Å². The van der Waals surface area contributed by atoms with Gasteiger partial charge in [0.15, 0.2) is 5.82 Å². The summed E-state index contributed by atoms with van der Waals surface area (Å²) >= 11 is 6.51. The number of piperazine rings is 1. The van der Waals surface area contributed by atoms with Crippen molar-refractivity contribution in [3.05, 3.63) is 88.3 Å². The summed E-state index contributed by atoms with van der Waals surface area (Å²) in [5.41, 5.74) is 4.01. The molecule has 0 spiro atoms. The Labute approximate surface area is 344 Å². The molecule has 3 amide bonds. The van der Waals surface area contributed by atoms with Gasteiger partial charge in [0, 0.05) is 92.4 Å². The Morgan fingerprint density at radius 1 is 0.948 bits per heavy atom. The number of para-hydroxylation sites is 1. The standard InChI is InChI=1S/C42H48ClFN9O4P/c1-57-35-22-28(9-11-32(35)47-42-45-23-31(43)39(49-42)46-33-6-4-5-7-36(33)58(2)3)51-16-14-27(15-17-51)52-20-18-50(19-21-52)24-26-8-10-29-30(38(26)44)25-53(41(29)56)34-12-13-37(54)48-40(34)55/h4-11,22-23,27,34H,12-21,24-25H2,1-3H3,(H,48,54,55)(H2,45,46,47,49). The van der Waals surface area contributed by atoms with E-state index in [0.29, 0.717) is 51.8 Å². The number of nitrogens with one attached hydrogen (secondary N) is 3. The first-order chi connectivity index (χ1) is 28.1. The molecule has 0 bridgehead atoms. The Balaban J connectivity index is 0.832. The highest BCUT2D eigenvalue weighted by molar-refractivity contribution is 7.64. The molecule has 4 aliphatic heterocycles. The highest BCUT2D eigenvalue weighted by Crippen LogP contribution is 2.36. The zero-order valence-electron chi connectivity index (χ0n) is 32.9. The zero-order chi connectivity index (χ0) is 40.5. The van der Waals surface area contributed by atoms with Crippen LogP contribution < -0.4 is 30.9 Å². The summed E-state index contributed by atoms with van der Waals surface area (Å²) in [6.45, 7) is 10.2. The molecule has 1 aromatic heterocycles. The van der Waals surface area contributed by atoms with E-state index in [-0.39, 0.29) is 44.9 Å². The van der Waals surface area contributed by atoms with Crippen LogP contribution in [0.4, 0.5) is 33.2 Å². The van der Waals surface area contributed by atoms with Crippen molar-refractivity contribution < 1.29 is 23.5 Å². The number of imide groups is 1. The molecule has 304 valence electrons. The first-order valence-electron chi connectivity index (χ1n) is 19.7. The molecule has 0 aliphatic carbocycles. The van der Waals surface area contributed by atoms with Crippen molar-refractivity contribution in [3.63, 3.8) is 0 Å². The van der Waals surface area contributed by atoms with E-state index in [4.69, 9.17) is 16.3 Å². The molecule has 1 atom stereocenters. The Hall–Kier alpha value is -4.88. The number of halogens is 2. The number of hydrogen-bond acceptors (Lipinski definition) is 11. The van der Waals surface area contributed by atoms with Crippen molar-refractivity contribution in [1.29, 1.82) is 0 Å². The van der Waals surface area contributed by atoms with Gasteiger partial charge in [-0.25, -0.2) is 9.37 Å². The summed E-state index contributed by atoms with van der Waals surface area (Å²) in [6.07, 6.45) is 4.07. The quantitative estimate of drug-likeness (QED) is 0.127. The number of methoxy groups -OCH3 is 1. The van der Waals surface area contributed by atoms with Gasteiger partial charge in [0.2, 0.25) is 17.8 Å². The van der Waals surface area contributed by atoms with E-state index >= 15 is 4.39 Å². The van der Waals surface area contributed by atoms with Gasteiger partial charge >= 0.3 is 0 Å². The Morgan fingerprint density at radius 3 is 2.47 bits per heavy atom. The lowest BCUT2D eigenvalue weighted by atomic mass is 10.0. The molecular weight excluding hydrogens is 780 g/mol. The molecule has 4 aliphatic rings. The van der Waals surface area contributed by atoms with Gasteiger partial charge in [0.1, 0.15) is 22.6 Å². The minimum atomic E-state index is -0.765. The summed E-state index contributed by atoms with van der Waals surface area (Å²) < 4.78 is 21.7. The molecule has 13 nitrogen and oxygen atoms in total. The lowest BCUT2D eigenvalue weighted by Crippen LogP contribution is -2.53. The molecule has 4 aromatic rings. The molecule has 1 unspecified atom stereocenters. The molecule has 8 rings (SSSR count). The zero-order valence-corrected chi connectivity index (χ0v) is 34.6. The molecule has 0 saturated carbocycles. The molecule has 0 radical (unpaired) electrons. The smallest absolute Gasteiger partial charge is 0.255 e. The maximum absolute atomic E-state index is 15.8. The number of piperidine rings is 2. The summed E-state index contributed by atoms with van der Waals surface area (Å²) in [4.78, 5) is 54.9. The first kappa shape index (κ1) is 39.9. The second kappa shape index (κ2) is 17.1. The predicted octanol–water partition coefficient (Wildman–Crippen LogP) is 5.68. The van der Waals surface area contributed by atoms with E-state index in [2.05, 4.69) is 72.1 Å². The lowest BCUT2D eigenvalue weighted by Gasteiger charge is -2.43. The number of anilines is 5. The SMILES string of the molecule is COc1cc(N2CCC(N3CCN(Cc4ccc5c(c4F)CN(C4CCC(=O)NC4=O)C5=O)CC3)CC2)ccc1Nc1ncc(Cl)c(Nc2ccccc2P(C)C)n1. The van der Waals surface area contributed by atoms with Crippen molar-refractivity contribution >= 4 is 71.4 Å². The van der Waals surface area contributed by atoms with Crippen molar-refractivity contribution in [2.24, 2.45) is 0 Å². The van der Waals surface area contributed by atoms with Crippen molar-refractivity contribution in [2.75, 3.05) is 75.2 Å². The molecule has 5 heterocycles. The number of carbonyl (C=O) groups excluding carboxylic acids is 3. The normalized spacial score (nSPS) is 19.4. The van der Waals surface area contributed by atoms with Gasteiger partial charge in [-0.3, -0.25) is 29.5 Å². The van der Waals surface area contributed by atoms with Crippen molar-refractivity contribution in [2.45, 2.75) is 50.9 Å². The number of ether oxygens (including phenoxy) is 1. The Morgan fingerprint density at radius 2 is 1.72 bits per heavy atom. The highest BCUT2D eigenvalue weighted by Gasteiger charge is 2.40. The average molecular weight is 828 g/mol. The number of fused-ring (bicyclic) bond motifs is 1. The molecular formula is C42H48ClFN9O4P. The van der Waals surface area contributed by atoms with Gasteiger partial charge in [-0.1, -0.05) is 43.8 Å². The molecule has 16 heteroatoms. The maximum atomic E-state index is 15.8. The largest absolute Gasteiger partial charge is 0.494 e. The predicted molar refractivity (Wildman–Crippen MR) is 226 cm³/mol. The van der Waals surface area contributed by atoms with E-state index in [9.17, 15) is 14.4 Å². The number of rotatable bonds is 11. The topological polar surface area (TPSA) is 135 Å². The minimum Gasteiger partial charge on any atom is -0.494 e. The van der Waals surface area contributed by atoms with Gasteiger partial charge in [0.05, 0.1) is 25.5 Å². The van der Waals surface area contributed by atoms with E-state index in [1.54, 1.807) is 25.4 Å². The van der Waals surface area contributed by atoms with Gasteiger partial charge < -0.3 is 25.2 Å². The van der Waals surface area contributed by atoms with E-state index in [1.165, 1.54) is 10.2 Å². The van der Waals surface area contributed by atoms with Crippen LogP contribution in [0.5, 0.6) is 5.75 Å². The number of carbonyl (C=O) groups is 3. The Bertz CT molecular complexity index is 2210. The van der Waals surface area contributed by atoms with Crippen LogP contribution in [-0.4, -0.2) is 114 Å². The second-order valence-electron chi connectivity index (χ2n) is 15.4. The molecule has 3 aromatic carbocycles. The summed E-state index contributed by atoms with van der Waals surface area (Å²) in [5.74, 6) is 0.0344. The van der Waals surface area contributed by atoms with E-state index < -0.39 is 11.9 Å². The average Bonchev–Trinajstić information content (AvgIpc) is 3.56. The van der Waals surface area contributed by atoms with Gasteiger partial charge in [-0.15, -0.1) is 0 Å². The highest BCUT2D eigenvalue weighted by atomic mass is 35.5. The van der Waals surface area contributed by atoms with E-state index in [1.807, 2.05) is 24.3 Å². The third-order valence-corrected chi connectivity index (χ3v) is 13.3.